The van der Waals surface area contributed by atoms with E-state index >= 15 is 0 Å². The first-order valence-electron chi connectivity index (χ1n) is 12.5. The van der Waals surface area contributed by atoms with Crippen LogP contribution in [0.3, 0.4) is 0 Å². The van der Waals surface area contributed by atoms with E-state index in [4.69, 9.17) is 25.4 Å². The summed E-state index contributed by atoms with van der Waals surface area (Å²) in [4.78, 5) is 31.9. The largest absolute Gasteiger partial charge is 0.463 e. The van der Waals surface area contributed by atoms with Gasteiger partial charge in [0.25, 0.3) is 12.2 Å². The third kappa shape index (κ3) is 6.50. The van der Waals surface area contributed by atoms with E-state index in [1.165, 1.54) is 12.1 Å². The smallest absolute Gasteiger partial charge is 0.408 e. The molecule has 13 nitrogen and oxygen atoms in total. The molecule has 8 N–H and O–H groups in total. The van der Waals surface area contributed by atoms with Crippen LogP contribution < -0.4 is 16.5 Å². The van der Waals surface area contributed by atoms with Gasteiger partial charge in [0, 0.05) is 0 Å². The normalized spacial score (nSPS) is 27.3. The number of nitrogens with zero attached hydrogens (tertiary/aromatic N) is 2. The Bertz CT molecular complexity index is 1100. The van der Waals surface area contributed by atoms with Gasteiger partial charge in [-0.2, -0.15) is 5.26 Å². The molecule has 0 radical (unpaired) electrons. The third-order valence-corrected chi connectivity index (χ3v) is 6.67. The maximum atomic E-state index is 12.8. The van der Waals surface area contributed by atoms with Crippen LogP contribution in [0.15, 0.2) is 17.1 Å². The molecule has 38 heavy (non-hydrogen) atoms. The summed E-state index contributed by atoms with van der Waals surface area (Å²) < 4.78 is 16.6. The Balaban J connectivity index is 1.67. The van der Waals surface area contributed by atoms with Crippen molar-refractivity contribution in [3.8, 4) is 6.07 Å². The Hall–Kier alpha value is -3.47. The van der Waals surface area contributed by atoms with Crippen LogP contribution in [0.5, 0.6) is 0 Å². The molecule has 13 heteroatoms. The van der Waals surface area contributed by atoms with Gasteiger partial charge in [0.1, 0.15) is 42.3 Å². The standard InChI is InChI=1S/C25H36N6O7/c1-23(2,3)38-22(35)31-24(9-5-4-6-10-24)11-18(32)36-12-16-19(33)20(34)25(13-26,37-16)17-8-7-15(30-17)21(28)29-14-27/h7-8,14,16,19-20,30,33-34H,4-6,9-12H2,1-3H3,(H,31,35)(H3,27,28,29)/p+1/t16-,19-,20-,25+/m1/s1. The average molecular weight is 534 g/mol. The van der Waals surface area contributed by atoms with Crippen molar-refractivity contribution in [3.05, 3.63) is 23.5 Å². The maximum Gasteiger partial charge on any atom is 0.408 e. The summed E-state index contributed by atoms with van der Waals surface area (Å²) in [5.41, 5.74) is 2.79. The molecular weight excluding hydrogens is 496 g/mol. The van der Waals surface area contributed by atoms with Crippen LogP contribution in [-0.4, -0.2) is 75.5 Å². The number of esters is 1. The molecule has 1 saturated heterocycles. The van der Waals surface area contributed by atoms with Crippen LogP contribution in [0.25, 0.3) is 0 Å². The Morgan fingerprint density at radius 1 is 1.34 bits per heavy atom. The number of aliphatic hydroxyl groups excluding tert-OH is 2. The molecule has 1 amide bonds. The molecule has 1 aliphatic carbocycles. The predicted octanol–water partition coefficient (Wildman–Crippen LogP) is -0.492. The first-order chi connectivity index (χ1) is 17.8. The van der Waals surface area contributed by atoms with Gasteiger partial charge in [0.2, 0.25) is 5.60 Å². The van der Waals surface area contributed by atoms with Gasteiger partial charge in [-0.25, -0.2) is 4.79 Å². The van der Waals surface area contributed by atoms with Crippen molar-refractivity contribution in [2.45, 2.75) is 94.3 Å². The van der Waals surface area contributed by atoms with Crippen molar-refractivity contribution in [1.82, 2.24) is 10.3 Å². The highest BCUT2D eigenvalue weighted by molar-refractivity contribution is 5.99. The van der Waals surface area contributed by atoms with E-state index in [1.807, 2.05) is 6.07 Å². The summed E-state index contributed by atoms with van der Waals surface area (Å²) in [6.45, 7) is 4.85. The SMILES string of the molecule is CC(C)(C)OC(=O)NC1(CC(=O)OC[C@H]2O[C@@](C#N)(c3ccc(C(N)=NC=[NH2+])[nH]3)[C@H](O)[C@@H]2O)CCCCC1. The van der Waals surface area contributed by atoms with Gasteiger partial charge in [-0.05, 0) is 50.7 Å². The zero-order valence-corrected chi connectivity index (χ0v) is 21.9. The number of carbonyl (C=O) groups is 2. The zero-order chi connectivity index (χ0) is 28.1. The lowest BCUT2D eigenvalue weighted by Crippen LogP contribution is -2.52. The van der Waals surface area contributed by atoms with Crippen molar-refractivity contribution in [3.63, 3.8) is 0 Å². The number of aliphatic hydroxyl groups is 2. The number of amides is 1. The molecule has 0 spiro atoms. The van der Waals surface area contributed by atoms with E-state index in [0.29, 0.717) is 18.5 Å². The molecule has 0 aromatic carbocycles. The molecule has 2 fully saturated rings. The van der Waals surface area contributed by atoms with Crippen LogP contribution in [0.4, 0.5) is 4.79 Å². The van der Waals surface area contributed by atoms with Crippen LogP contribution in [0.2, 0.25) is 0 Å². The Morgan fingerprint density at radius 3 is 2.63 bits per heavy atom. The number of amidine groups is 1. The summed E-state index contributed by atoms with van der Waals surface area (Å²) >= 11 is 0. The van der Waals surface area contributed by atoms with Crippen LogP contribution in [0.1, 0.15) is 70.7 Å². The van der Waals surface area contributed by atoms with E-state index in [9.17, 15) is 25.1 Å². The summed E-state index contributed by atoms with van der Waals surface area (Å²) in [6.07, 6.45) is -0.236. The molecule has 0 bridgehead atoms. The van der Waals surface area contributed by atoms with Crippen LogP contribution in [-0.2, 0) is 24.6 Å². The Kier molecular flexibility index (Phi) is 8.81. The summed E-state index contributed by atoms with van der Waals surface area (Å²) in [5.74, 6) is -0.575. The number of aromatic amines is 1. The number of hydrogen-bond donors (Lipinski definition) is 6. The first-order valence-corrected chi connectivity index (χ1v) is 12.5. The van der Waals surface area contributed by atoms with Crippen molar-refractivity contribution in [2.24, 2.45) is 10.7 Å². The fourth-order valence-corrected chi connectivity index (χ4v) is 4.84. The number of H-pyrrole nitrogens is 1. The fourth-order valence-electron chi connectivity index (χ4n) is 4.84. The van der Waals surface area contributed by atoms with E-state index in [1.54, 1.807) is 20.8 Å². The number of nitrogens with one attached hydrogen (secondary N) is 2. The molecule has 2 aliphatic rings. The summed E-state index contributed by atoms with van der Waals surface area (Å²) in [7, 11) is 0. The molecule has 0 unspecified atom stereocenters. The number of nitriles is 1. The molecule has 1 aliphatic heterocycles. The minimum atomic E-state index is -1.97. The second-order valence-corrected chi connectivity index (χ2v) is 10.7. The van der Waals surface area contributed by atoms with Crippen molar-refractivity contribution in [2.75, 3.05) is 6.61 Å². The van der Waals surface area contributed by atoms with Gasteiger partial charge in [-0.15, -0.1) is 0 Å². The lowest BCUT2D eigenvalue weighted by Gasteiger charge is -2.37. The molecule has 1 aromatic heterocycles. The van der Waals surface area contributed by atoms with Crippen molar-refractivity contribution >= 4 is 24.2 Å². The van der Waals surface area contributed by atoms with Gasteiger partial charge in [-0.1, -0.05) is 19.3 Å². The number of nitrogens with two attached hydrogens (primary N) is 2. The van der Waals surface area contributed by atoms with Gasteiger partial charge in [0.05, 0.1) is 17.7 Å². The quantitative estimate of drug-likeness (QED) is 0.144. The fraction of sp³-hybridized carbons (Fsp3) is 0.640. The van der Waals surface area contributed by atoms with Crippen LogP contribution in [0, 0.1) is 11.3 Å². The topological polar surface area (TPSA) is 218 Å². The summed E-state index contributed by atoms with van der Waals surface area (Å²) in [6, 6.07) is 4.90. The minimum absolute atomic E-state index is 0.0435. The summed E-state index contributed by atoms with van der Waals surface area (Å²) in [5, 5.41) is 39.4. The number of rotatable bonds is 8. The van der Waals surface area contributed by atoms with E-state index in [2.05, 4.69) is 15.3 Å². The predicted molar refractivity (Wildman–Crippen MR) is 134 cm³/mol. The van der Waals surface area contributed by atoms with Crippen molar-refractivity contribution < 1.29 is 39.4 Å². The van der Waals surface area contributed by atoms with Gasteiger partial charge in [0.15, 0.2) is 0 Å². The molecule has 1 aromatic rings. The number of aliphatic imine (C=N–C) groups is 1. The molecule has 3 rings (SSSR count). The van der Waals surface area contributed by atoms with E-state index in [-0.39, 0.29) is 18.0 Å². The molecular formula is C25H37N6O7+. The van der Waals surface area contributed by atoms with Crippen molar-refractivity contribution in [1.29, 1.82) is 5.26 Å². The highest BCUT2D eigenvalue weighted by atomic mass is 16.6. The third-order valence-electron chi connectivity index (χ3n) is 6.67. The van der Waals surface area contributed by atoms with E-state index < -0.39 is 53.7 Å². The number of carbonyl (C=O) groups excluding carboxylic acids is 2. The number of aromatic nitrogens is 1. The monoisotopic (exact) mass is 533 g/mol. The van der Waals surface area contributed by atoms with Gasteiger partial charge >= 0.3 is 12.1 Å². The maximum absolute atomic E-state index is 12.8. The second-order valence-electron chi connectivity index (χ2n) is 10.7. The zero-order valence-electron chi connectivity index (χ0n) is 21.9. The number of hydrogen-bond acceptors (Lipinski definition) is 8. The van der Waals surface area contributed by atoms with Gasteiger partial charge < -0.3 is 40.5 Å². The first kappa shape index (κ1) is 29.1. The lowest BCUT2D eigenvalue weighted by molar-refractivity contribution is -0.152. The van der Waals surface area contributed by atoms with Gasteiger partial charge in [-0.3, -0.25) is 10.2 Å². The highest BCUT2D eigenvalue weighted by Gasteiger charge is 2.57. The van der Waals surface area contributed by atoms with E-state index in [0.717, 1.165) is 25.6 Å². The number of ether oxygens (including phenoxy) is 3. The highest BCUT2D eigenvalue weighted by Crippen LogP contribution is 2.39. The Labute approximate surface area is 220 Å². The lowest BCUT2D eigenvalue weighted by atomic mass is 9.79. The molecule has 1 saturated carbocycles. The Morgan fingerprint density at radius 2 is 2.03 bits per heavy atom. The van der Waals surface area contributed by atoms with Crippen LogP contribution >= 0.6 is 0 Å². The average Bonchev–Trinajstić information content (AvgIpc) is 3.42. The second kappa shape index (κ2) is 11.5. The minimum Gasteiger partial charge on any atom is -0.463 e. The molecule has 2 heterocycles. The molecule has 4 atom stereocenters. The number of alkyl carbamates (subject to hydrolysis) is 1. The molecule has 208 valence electrons.